The number of piperazine rings is 1. The van der Waals surface area contributed by atoms with Crippen molar-refractivity contribution in [1.29, 1.82) is 0 Å². The average molecular weight is 457 g/mol. The predicted molar refractivity (Wildman–Crippen MR) is 107 cm³/mol. The smallest absolute Gasteiger partial charge is 0.417 e. The predicted octanol–water partition coefficient (Wildman–Crippen LogP) is 4.74. The zero-order chi connectivity index (χ0) is 21.5. The van der Waals surface area contributed by atoms with Gasteiger partial charge in [0.15, 0.2) is 10.8 Å². The van der Waals surface area contributed by atoms with Crippen molar-refractivity contribution in [3.8, 4) is 10.8 Å². The van der Waals surface area contributed by atoms with Crippen LogP contribution in [0.3, 0.4) is 0 Å². The highest BCUT2D eigenvalue weighted by Crippen LogP contribution is 2.34. The molecule has 158 valence electrons. The third-order valence-electron chi connectivity index (χ3n) is 4.69. The molecule has 1 saturated heterocycles. The summed E-state index contributed by atoms with van der Waals surface area (Å²) in [6, 6.07) is 4.51. The number of rotatable bonds is 3. The van der Waals surface area contributed by atoms with Crippen molar-refractivity contribution >= 4 is 34.7 Å². The number of nitrogens with zero attached hydrogens (tertiary/aromatic N) is 4. The Morgan fingerprint density at radius 3 is 2.57 bits per heavy atom. The first-order valence-electron chi connectivity index (χ1n) is 9.01. The monoisotopic (exact) mass is 456 g/mol. The fourth-order valence-corrected chi connectivity index (χ4v) is 4.18. The van der Waals surface area contributed by atoms with Gasteiger partial charge in [0.2, 0.25) is 0 Å². The molecule has 1 fully saturated rings. The Morgan fingerprint density at radius 2 is 1.97 bits per heavy atom. The van der Waals surface area contributed by atoms with Gasteiger partial charge in [0.1, 0.15) is 17.3 Å². The second kappa shape index (κ2) is 7.92. The molecule has 3 aromatic heterocycles. The molecule has 0 N–H and O–H groups in total. The number of amides is 1. The Bertz CT molecular complexity index is 1070. The van der Waals surface area contributed by atoms with Crippen molar-refractivity contribution in [3.63, 3.8) is 0 Å². The van der Waals surface area contributed by atoms with E-state index in [9.17, 15) is 18.0 Å². The standard InChI is InChI=1S/C19H16ClF3N4O2S/c1-11-2-3-15(29-11)17-25-14(10-30-17)18(28)27-6-4-26(5-7-27)16-13(20)8-12(9-24-16)19(21,22)23/h2-3,8-10H,4-7H2,1H3. The minimum Gasteiger partial charge on any atom is -0.459 e. The maximum Gasteiger partial charge on any atom is 0.417 e. The normalized spacial score (nSPS) is 15.0. The van der Waals surface area contributed by atoms with Gasteiger partial charge in [-0.25, -0.2) is 9.97 Å². The quantitative estimate of drug-likeness (QED) is 0.569. The summed E-state index contributed by atoms with van der Waals surface area (Å²) in [5, 5.41) is 2.25. The molecule has 30 heavy (non-hydrogen) atoms. The summed E-state index contributed by atoms with van der Waals surface area (Å²) in [6.07, 6.45) is -3.73. The molecule has 4 heterocycles. The van der Waals surface area contributed by atoms with Crippen LogP contribution in [0.1, 0.15) is 21.8 Å². The zero-order valence-electron chi connectivity index (χ0n) is 15.7. The molecule has 3 aromatic rings. The summed E-state index contributed by atoms with van der Waals surface area (Å²) in [5.41, 5.74) is -0.556. The molecule has 1 aliphatic rings. The van der Waals surface area contributed by atoms with Crippen LogP contribution < -0.4 is 4.90 Å². The maximum atomic E-state index is 12.8. The number of thiazole rings is 1. The van der Waals surface area contributed by atoms with Crippen molar-refractivity contribution in [2.24, 2.45) is 0 Å². The Hall–Kier alpha value is -2.59. The Morgan fingerprint density at radius 1 is 1.23 bits per heavy atom. The van der Waals surface area contributed by atoms with Crippen LogP contribution in [-0.4, -0.2) is 47.0 Å². The number of pyridine rings is 1. The Labute approximate surface area is 178 Å². The van der Waals surface area contributed by atoms with Gasteiger partial charge in [0, 0.05) is 37.8 Å². The van der Waals surface area contributed by atoms with Crippen LogP contribution in [0.2, 0.25) is 5.02 Å². The van der Waals surface area contributed by atoms with Gasteiger partial charge in [-0.2, -0.15) is 13.2 Å². The van der Waals surface area contributed by atoms with E-state index >= 15 is 0 Å². The van der Waals surface area contributed by atoms with Gasteiger partial charge in [0.05, 0.1) is 10.6 Å². The van der Waals surface area contributed by atoms with Crippen LogP contribution in [0.25, 0.3) is 10.8 Å². The number of furan rings is 1. The molecule has 1 aliphatic heterocycles. The molecule has 0 spiro atoms. The second-order valence-corrected chi connectivity index (χ2v) is 8.02. The van der Waals surface area contributed by atoms with E-state index in [1.165, 1.54) is 11.3 Å². The van der Waals surface area contributed by atoms with Crippen LogP contribution >= 0.6 is 22.9 Å². The second-order valence-electron chi connectivity index (χ2n) is 6.75. The van der Waals surface area contributed by atoms with Crippen molar-refractivity contribution in [1.82, 2.24) is 14.9 Å². The summed E-state index contributed by atoms with van der Waals surface area (Å²) < 4.78 is 43.9. The molecule has 0 unspecified atom stereocenters. The van der Waals surface area contributed by atoms with Gasteiger partial charge >= 0.3 is 6.18 Å². The lowest BCUT2D eigenvalue weighted by molar-refractivity contribution is -0.137. The molecule has 1 amide bonds. The first kappa shape index (κ1) is 20.7. The molecule has 0 radical (unpaired) electrons. The van der Waals surface area contributed by atoms with Crippen LogP contribution in [0, 0.1) is 6.92 Å². The van der Waals surface area contributed by atoms with E-state index in [1.54, 1.807) is 15.2 Å². The number of halogens is 4. The molecule has 4 rings (SSSR count). The number of alkyl halides is 3. The van der Waals surface area contributed by atoms with Crippen molar-refractivity contribution in [3.05, 3.63) is 51.8 Å². The van der Waals surface area contributed by atoms with E-state index in [2.05, 4.69) is 9.97 Å². The third-order valence-corrected chi connectivity index (χ3v) is 5.82. The molecule has 0 saturated carbocycles. The lowest BCUT2D eigenvalue weighted by Gasteiger charge is -2.35. The van der Waals surface area contributed by atoms with Gasteiger partial charge in [0.25, 0.3) is 5.91 Å². The maximum absolute atomic E-state index is 12.8. The number of aryl methyl sites for hydroxylation is 1. The Balaban J connectivity index is 1.41. The van der Waals surface area contributed by atoms with E-state index in [4.69, 9.17) is 16.0 Å². The number of aromatic nitrogens is 2. The molecular formula is C19H16ClF3N4O2S. The molecule has 6 nitrogen and oxygen atoms in total. The van der Waals surface area contributed by atoms with Crippen LogP contribution in [0.4, 0.5) is 19.0 Å². The summed E-state index contributed by atoms with van der Waals surface area (Å²) in [4.78, 5) is 24.4. The van der Waals surface area contributed by atoms with Crippen LogP contribution in [-0.2, 0) is 6.18 Å². The van der Waals surface area contributed by atoms with Gasteiger partial charge in [-0.05, 0) is 25.1 Å². The lowest BCUT2D eigenvalue weighted by atomic mass is 10.2. The number of hydrogen-bond donors (Lipinski definition) is 0. The summed E-state index contributed by atoms with van der Waals surface area (Å²) in [7, 11) is 0. The number of hydrogen-bond acceptors (Lipinski definition) is 6. The molecule has 0 aromatic carbocycles. The highest BCUT2D eigenvalue weighted by atomic mass is 35.5. The highest BCUT2D eigenvalue weighted by Gasteiger charge is 2.32. The summed E-state index contributed by atoms with van der Waals surface area (Å²) >= 11 is 7.35. The molecule has 0 atom stereocenters. The van der Waals surface area contributed by atoms with Gasteiger partial charge < -0.3 is 14.2 Å². The van der Waals surface area contributed by atoms with Crippen molar-refractivity contribution in [2.45, 2.75) is 13.1 Å². The SMILES string of the molecule is Cc1ccc(-c2nc(C(=O)N3CCN(c4ncc(C(F)(F)F)cc4Cl)CC3)cs2)o1. The molecule has 11 heteroatoms. The highest BCUT2D eigenvalue weighted by molar-refractivity contribution is 7.13. The first-order valence-corrected chi connectivity index (χ1v) is 10.3. The number of carbonyl (C=O) groups excluding carboxylic acids is 1. The lowest BCUT2D eigenvalue weighted by Crippen LogP contribution is -2.49. The molecule has 0 aliphatic carbocycles. The van der Waals surface area contributed by atoms with Gasteiger partial charge in [-0.3, -0.25) is 4.79 Å². The van der Waals surface area contributed by atoms with Crippen LogP contribution in [0.5, 0.6) is 0 Å². The molecule has 0 bridgehead atoms. The number of carbonyl (C=O) groups is 1. The molecular weight excluding hydrogens is 441 g/mol. The fourth-order valence-electron chi connectivity index (χ4n) is 3.14. The minimum atomic E-state index is -4.50. The van der Waals surface area contributed by atoms with Gasteiger partial charge in [-0.15, -0.1) is 11.3 Å². The van der Waals surface area contributed by atoms with Crippen molar-refractivity contribution in [2.75, 3.05) is 31.1 Å². The summed E-state index contributed by atoms with van der Waals surface area (Å²) in [6.45, 7) is 3.39. The minimum absolute atomic E-state index is 0.0671. The van der Waals surface area contributed by atoms with Crippen molar-refractivity contribution < 1.29 is 22.4 Å². The van der Waals surface area contributed by atoms with Crippen LogP contribution in [0.15, 0.2) is 34.2 Å². The Kier molecular flexibility index (Phi) is 5.46. The number of anilines is 1. The van der Waals surface area contributed by atoms with Gasteiger partial charge in [-0.1, -0.05) is 11.6 Å². The topological polar surface area (TPSA) is 62.5 Å². The van der Waals surface area contributed by atoms with E-state index in [0.29, 0.717) is 42.6 Å². The average Bonchev–Trinajstić information content (AvgIpc) is 3.36. The largest absolute Gasteiger partial charge is 0.459 e. The summed E-state index contributed by atoms with van der Waals surface area (Å²) in [5.74, 6) is 1.46. The van der Waals surface area contributed by atoms with E-state index in [0.717, 1.165) is 18.0 Å². The third kappa shape index (κ3) is 4.15. The first-order chi connectivity index (χ1) is 14.2. The van der Waals surface area contributed by atoms with E-state index in [-0.39, 0.29) is 16.7 Å². The van der Waals surface area contributed by atoms with E-state index in [1.807, 2.05) is 19.1 Å². The fraction of sp³-hybridized carbons (Fsp3) is 0.316. The van der Waals surface area contributed by atoms with E-state index < -0.39 is 11.7 Å². The zero-order valence-corrected chi connectivity index (χ0v) is 17.3.